The molecule has 1 N–H and O–H groups in total. The minimum atomic E-state index is 0.251. The maximum Gasteiger partial charge on any atom is 0.0384 e. The van der Waals surface area contributed by atoms with Crippen molar-refractivity contribution in [1.29, 1.82) is 0 Å². The van der Waals surface area contributed by atoms with E-state index in [1.54, 1.807) is 0 Å². The van der Waals surface area contributed by atoms with Gasteiger partial charge in [0.1, 0.15) is 0 Å². The minimum absolute atomic E-state index is 0.251. The zero-order valence-corrected chi connectivity index (χ0v) is 23.6. The van der Waals surface area contributed by atoms with Gasteiger partial charge in [-0.3, -0.25) is 0 Å². The van der Waals surface area contributed by atoms with Gasteiger partial charge in [0.25, 0.3) is 0 Å². The fraction of sp³-hybridized carbons (Fsp3) is 0.314. The fourth-order valence-electron chi connectivity index (χ4n) is 3.68. The molecule has 0 saturated heterocycles. The molecular formula is C35H45N. The number of hydrogen-bond acceptors (Lipinski definition) is 1. The Morgan fingerprint density at radius 2 is 0.889 bits per heavy atom. The third kappa shape index (κ3) is 9.74. The number of benzene rings is 4. The second kappa shape index (κ2) is 13.7. The summed E-state index contributed by atoms with van der Waals surface area (Å²) < 4.78 is 0. The summed E-state index contributed by atoms with van der Waals surface area (Å²) in [5.41, 5.74) is 8.25. The molecule has 0 amide bonds. The summed E-state index contributed by atoms with van der Waals surface area (Å²) in [5.74, 6) is 0. The molecule has 0 aromatic heterocycles. The molecule has 0 aliphatic rings. The van der Waals surface area contributed by atoms with Crippen LogP contribution in [0, 0.1) is 0 Å². The van der Waals surface area contributed by atoms with E-state index in [0.29, 0.717) is 0 Å². The molecule has 0 aliphatic carbocycles. The molecule has 0 radical (unpaired) electrons. The van der Waals surface area contributed by atoms with E-state index < -0.39 is 0 Å². The molecule has 190 valence electrons. The predicted octanol–water partition coefficient (Wildman–Crippen LogP) is 10.3. The molecule has 0 saturated carbocycles. The van der Waals surface area contributed by atoms with E-state index in [1.807, 2.05) is 32.0 Å². The average Bonchev–Trinajstić information content (AvgIpc) is 2.87. The van der Waals surface area contributed by atoms with Gasteiger partial charge in [-0.25, -0.2) is 0 Å². The van der Waals surface area contributed by atoms with E-state index in [0.717, 1.165) is 17.8 Å². The highest BCUT2D eigenvalue weighted by Crippen LogP contribution is 2.28. The number of hydrogen-bond donors (Lipinski definition) is 1. The lowest BCUT2D eigenvalue weighted by Gasteiger charge is -2.24. The third-order valence-electron chi connectivity index (χ3n) is 5.86. The first-order valence-corrected chi connectivity index (χ1v) is 13.2. The molecule has 0 aliphatic heterocycles. The summed E-state index contributed by atoms with van der Waals surface area (Å²) in [6.45, 7) is 17.6. The van der Waals surface area contributed by atoms with Crippen LogP contribution < -0.4 is 5.32 Å². The Hall–Kier alpha value is -3.32. The van der Waals surface area contributed by atoms with Gasteiger partial charge in [0, 0.05) is 11.4 Å². The maximum atomic E-state index is 3.39. The standard InChI is InChI=1S/C19H17N.C14H22.C2H6/c1-3-7-16(8-4-1)15-17-11-13-19(14-12-17)20-18-9-5-2-6-10-18;1-13(2,3)11-8-7-9-12(10-11)14(4,5)6;1-2/h1-14,20H,15H2;7-10H,1-6H3;1-2H3. The Kier molecular flexibility index (Phi) is 11.0. The maximum absolute atomic E-state index is 3.39. The Balaban J connectivity index is 0.000000252. The van der Waals surface area contributed by atoms with Crippen molar-refractivity contribution in [3.63, 3.8) is 0 Å². The highest BCUT2D eigenvalue weighted by atomic mass is 14.9. The van der Waals surface area contributed by atoms with Gasteiger partial charge in [-0.05, 0) is 63.8 Å². The largest absolute Gasteiger partial charge is 0.356 e. The molecular weight excluding hydrogens is 434 g/mol. The van der Waals surface area contributed by atoms with Crippen molar-refractivity contribution in [2.24, 2.45) is 0 Å². The van der Waals surface area contributed by atoms with Crippen molar-refractivity contribution in [3.8, 4) is 0 Å². The van der Waals surface area contributed by atoms with Crippen LogP contribution in [0.4, 0.5) is 11.4 Å². The molecule has 4 aromatic carbocycles. The van der Waals surface area contributed by atoms with E-state index in [4.69, 9.17) is 0 Å². The zero-order valence-electron chi connectivity index (χ0n) is 23.6. The van der Waals surface area contributed by atoms with Crippen LogP contribution in [-0.4, -0.2) is 0 Å². The normalized spacial score (nSPS) is 10.9. The Morgan fingerprint density at radius 1 is 0.472 bits per heavy atom. The minimum Gasteiger partial charge on any atom is -0.356 e. The summed E-state index contributed by atoms with van der Waals surface area (Å²) in [5, 5.41) is 3.39. The number of rotatable bonds is 4. The topological polar surface area (TPSA) is 12.0 Å². The van der Waals surface area contributed by atoms with Crippen molar-refractivity contribution in [2.75, 3.05) is 5.32 Å². The lowest BCUT2D eigenvalue weighted by atomic mass is 9.81. The van der Waals surface area contributed by atoms with Gasteiger partial charge in [0.05, 0.1) is 0 Å². The Labute approximate surface area is 220 Å². The summed E-state index contributed by atoms with van der Waals surface area (Å²) >= 11 is 0. The van der Waals surface area contributed by atoms with Crippen molar-refractivity contribution < 1.29 is 0 Å². The molecule has 0 spiro atoms. The molecule has 0 heterocycles. The molecule has 0 unspecified atom stereocenters. The van der Waals surface area contributed by atoms with Crippen LogP contribution >= 0.6 is 0 Å². The summed E-state index contributed by atoms with van der Waals surface area (Å²) in [4.78, 5) is 0. The lowest BCUT2D eigenvalue weighted by Crippen LogP contribution is -2.15. The third-order valence-corrected chi connectivity index (χ3v) is 5.86. The van der Waals surface area contributed by atoms with Crippen molar-refractivity contribution in [3.05, 3.63) is 131 Å². The molecule has 0 atom stereocenters. The first-order chi connectivity index (χ1) is 17.1. The Morgan fingerprint density at radius 3 is 1.36 bits per heavy atom. The van der Waals surface area contributed by atoms with Crippen molar-refractivity contribution >= 4 is 11.4 Å². The quantitative estimate of drug-likeness (QED) is 0.307. The van der Waals surface area contributed by atoms with Gasteiger partial charge in [-0.2, -0.15) is 0 Å². The van der Waals surface area contributed by atoms with Crippen LogP contribution in [0.25, 0.3) is 0 Å². The van der Waals surface area contributed by atoms with Crippen LogP contribution in [0.2, 0.25) is 0 Å². The van der Waals surface area contributed by atoms with Crippen LogP contribution in [-0.2, 0) is 17.3 Å². The van der Waals surface area contributed by atoms with Gasteiger partial charge in [-0.15, -0.1) is 0 Å². The summed E-state index contributed by atoms with van der Waals surface area (Å²) in [6, 6.07) is 38.3. The van der Waals surface area contributed by atoms with Crippen LogP contribution in [0.3, 0.4) is 0 Å². The fourth-order valence-corrected chi connectivity index (χ4v) is 3.68. The van der Waals surface area contributed by atoms with Crippen molar-refractivity contribution in [2.45, 2.75) is 72.6 Å². The Bertz CT molecular complexity index is 1040. The molecule has 1 nitrogen and oxygen atoms in total. The van der Waals surface area contributed by atoms with Crippen LogP contribution in [0.15, 0.2) is 109 Å². The van der Waals surface area contributed by atoms with Gasteiger partial charge in [-0.1, -0.05) is 140 Å². The molecule has 0 bridgehead atoms. The predicted molar refractivity (Wildman–Crippen MR) is 161 cm³/mol. The second-order valence-corrected chi connectivity index (χ2v) is 10.9. The number of nitrogens with one attached hydrogen (secondary N) is 1. The zero-order chi connectivity index (χ0) is 26.6. The highest BCUT2D eigenvalue weighted by molar-refractivity contribution is 5.59. The van der Waals surface area contributed by atoms with Gasteiger partial charge < -0.3 is 5.32 Å². The van der Waals surface area contributed by atoms with Gasteiger partial charge in [0.2, 0.25) is 0 Å². The van der Waals surface area contributed by atoms with E-state index in [1.165, 1.54) is 22.3 Å². The van der Waals surface area contributed by atoms with E-state index in [2.05, 4.69) is 138 Å². The number of para-hydroxylation sites is 1. The average molecular weight is 480 g/mol. The van der Waals surface area contributed by atoms with E-state index in [9.17, 15) is 0 Å². The van der Waals surface area contributed by atoms with Crippen LogP contribution in [0.5, 0.6) is 0 Å². The molecule has 4 aromatic rings. The van der Waals surface area contributed by atoms with Crippen LogP contribution in [0.1, 0.15) is 77.6 Å². The molecule has 0 fully saturated rings. The smallest absolute Gasteiger partial charge is 0.0384 e. The lowest BCUT2D eigenvalue weighted by molar-refractivity contribution is 0.568. The molecule has 1 heteroatoms. The van der Waals surface area contributed by atoms with Crippen molar-refractivity contribution in [1.82, 2.24) is 0 Å². The highest BCUT2D eigenvalue weighted by Gasteiger charge is 2.18. The second-order valence-electron chi connectivity index (χ2n) is 10.9. The summed E-state index contributed by atoms with van der Waals surface area (Å²) in [6.07, 6.45) is 0.979. The first-order valence-electron chi connectivity index (χ1n) is 13.2. The van der Waals surface area contributed by atoms with E-state index in [-0.39, 0.29) is 10.8 Å². The van der Waals surface area contributed by atoms with E-state index >= 15 is 0 Å². The number of anilines is 2. The monoisotopic (exact) mass is 479 g/mol. The molecule has 36 heavy (non-hydrogen) atoms. The summed E-state index contributed by atoms with van der Waals surface area (Å²) in [7, 11) is 0. The van der Waals surface area contributed by atoms with Gasteiger partial charge in [0.15, 0.2) is 0 Å². The van der Waals surface area contributed by atoms with Gasteiger partial charge >= 0.3 is 0 Å². The SMILES string of the molecule is CC.CC(C)(C)c1cccc(C(C)(C)C)c1.c1ccc(Cc2ccc(Nc3ccccc3)cc2)cc1. The molecule has 4 rings (SSSR count). The first kappa shape index (κ1) is 28.9.